The minimum absolute atomic E-state index is 0.348. The van der Waals surface area contributed by atoms with Gasteiger partial charge in [0.1, 0.15) is 11.3 Å². The van der Waals surface area contributed by atoms with Gasteiger partial charge in [-0.3, -0.25) is 4.98 Å². The molecule has 0 aliphatic rings. The molecule has 2 aromatic heterocycles. The van der Waals surface area contributed by atoms with Gasteiger partial charge in [-0.05, 0) is 24.0 Å². The number of pyridine rings is 1. The number of hydrogen-bond donors (Lipinski definition) is 1. The summed E-state index contributed by atoms with van der Waals surface area (Å²) in [5, 5.41) is 12.6. The van der Waals surface area contributed by atoms with E-state index < -0.39 is 0 Å². The van der Waals surface area contributed by atoms with E-state index in [1.807, 2.05) is 13.1 Å². The van der Waals surface area contributed by atoms with Gasteiger partial charge in [0.25, 0.3) is 0 Å². The highest BCUT2D eigenvalue weighted by Gasteiger charge is 2.13. The van der Waals surface area contributed by atoms with E-state index in [9.17, 15) is 0 Å². The van der Waals surface area contributed by atoms with E-state index in [0.717, 1.165) is 28.1 Å². The quantitative estimate of drug-likeness (QED) is 0.900. The Labute approximate surface area is 108 Å². The van der Waals surface area contributed by atoms with E-state index in [1.54, 1.807) is 0 Å². The number of nitrogens with zero attached hydrogens (tertiary/aromatic N) is 3. The molecule has 2 aromatic rings. The fourth-order valence-electron chi connectivity index (χ4n) is 1.92. The smallest absolute Gasteiger partial charge is 0.149 e. The third-order valence-electron chi connectivity index (χ3n) is 3.01. The standard InChI is InChI=1S/C14H20N4/c1-8(2)11-6-10-7-12(15-5)17-18-14(10)13(16-11)9(3)4/h6-9H,1-5H3,(H,15,17). The Kier molecular flexibility index (Phi) is 3.45. The van der Waals surface area contributed by atoms with Gasteiger partial charge in [-0.2, -0.15) is 0 Å². The molecule has 0 amide bonds. The third-order valence-corrected chi connectivity index (χ3v) is 3.01. The first kappa shape index (κ1) is 12.7. The lowest BCUT2D eigenvalue weighted by Gasteiger charge is -2.13. The van der Waals surface area contributed by atoms with Crippen LogP contribution in [0, 0.1) is 0 Å². The molecule has 0 fully saturated rings. The van der Waals surface area contributed by atoms with E-state index >= 15 is 0 Å². The highest BCUT2D eigenvalue weighted by Crippen LogP contribution is 2.26. The number of aromatic nitrogens is 3. The zero-order valence-corrected chi connectivity index (χ0v) is 11.7. The lowest BCUT2D eigenvalue weighted by atomic mass is 10.0. The fourth-order valence-corrected chi connectivity index (χ4v) is 1.92. The molecule has 0 saturated heterocycles. The Balaban J connectivity index is 2.72. The molecule has 2 heterocycles. The van der Waals surface area contributed by atoms with E-state index in [2.05, 4.69) is 49.3 Å². The molecule has 0 saturated carbocycles. The molecule has 96 valence electrons. The Morgan fingerprint density at radius 1 is 1.00 bits per heavy atom. The summed E-state index contributed by atoms with van der Waals surface area (Å²) in [5.74, 6) is 1.55. The van der Waals surface area contributed by atoms with Gasteiger partial charge < -0.3 is 5.32 Å². The molecular weight excluding hydrogens is 224 g/mol. The van der Waals surface area contributed by atoms with Crippen molar-refractivity contribution in [1.29, 1.82) is 0 Å². The van der Waals surface area contributed by atoms with Crippen molar-refractivity contribution in [1.82, 2.24) is 15.2 Å². The van der Waals surface area contributed by atoms with Crippen molar-refractivity contribution in [2.24, 2.45) is 0 Å². The Hall–Kier alpha value is -1.71. The highest BCUT2D eigenvalue weighted by atomic mass is 15.2. The zero-order valence-electron chi connectivity index (χ0n) is 11.7. The van der Waals surface area contributed by atoms with Crippen LogP contribution in [0.25, 0.3) is 10.9 Å². The molecule has 0 bridgehead atoms. The maximum Gasteiger partial charge on any atom is 0.149 e. The summed E-state index contributed by atoms with van der Waals surface area (Å²) in [7, 11) is 1.85. The van der Waals surface area contributed by atoms with Gasteiger partial charge in [0.15, 0.2) is 0 Å². The minimum atomic E-state index is 0.348. The van der Waals surface area contributed by atoms with Crippen LogP contribution in [0.5, 0.6) is 0 Å². The molecule has 0 atom stereocenters. The largest absolute Gasteiger partial charge is 0.372 e. The maximum absolute atomic E-state index is 4.73. The SMILES string of the molecule is CNc1cc2cc(C(C)C)nc(C(C)C)c2nn1. The Morgan fingerprint density at radius 2 is 1.72 bits per heavy atom. The molecule has 4 nitrogen and oxygen atoms in total. The second kappa shape index (κ2) is 4.88. The molecule has 2 rings (SSSR count). The number of hydrogen-bond acceptors (Lipinski definition) is 4. The molecule has 4 heteroatoms. The summed E-state index contributed by atoms with van der Waals surface area (Å²) in [6.45, 7) is 8.59. The second-order valence-corrected chi connectivity index (χ2v) is 5.16. The van der Waals surface area contributed by atoms with Gasteiger partial charge in [0.05, 0.1) is 5.69 Å². The fraction of sp³-hybridized carbons (Fsp3) is 0.500. The average molecular weight is 244 g/mol. The molecule has 0 aromatic carbocycles. The summed E-state index contributed by atoms with van der Waals surface area (Å²) in [6.07, 6.45) is 0. The molecule has 0 spiro atoms. The van der Waals surface area contributed by atoms with Crippen LogP contribution in [0.3, 0.4) is 0 Å². The van der Waals surface area contributed by atoms with Crippen LogP contribution in [-0.4, -0.2) is 22.2 Å². The maximum atomic E-state index is 4.73. The third kappa shape index (κ3) is 2.28. The van der Waals surface area contributed by atoms with Crippen molar-refractivity contribution in [2.75, 3.05) is 12.4 Å². The van der Waals surface area contributed by atoms with Gasteiger partial charge >= 0.3 is 0 Å². The van der Waals surface area contributed by atoms with E-state index in [-0.39, 0.29) is 0 Å². The van der Waals surface area contributed by atoms with Gasteiger partial charge in [0.2, 0.25) is 0 Å². The van der Waals surface area contributed by atoms with Crippen molar-refractivity contribution in [3.63, 3.8) is 0 Å². The first-order chi connectivity index (χ1) is 8.52. The normalized spacial score (nSPS) is 11.5. The first-order valence-corrected chi connectivity index (χ1v) is 6.39. The molecule has 0 radical (unpaired) electrons. The number of anilines is 1. The van der Waals surface area contributed by atoms with Crippen LogP contribution in [0.15, 0.2) is 12.1 Å². The summed E-state index contributed by atoms with van der Waals surface area (Å²) in [6, 6.07) is 4.14. The summed E-state index contributed by atoms with van der Waals surface area (Å²) in [5.41, 5.74) is 3.06. The monoisotopic (exact) mass is 244 g/mol. The first-order valence-electron chi connectivity index (χ1n) is 6.39. The van der Waals surface area contributed by atoms with Gasteiger partial charge in [0, 0.05) is 18.1 Å². The van der Waals surface area contributed by atoms with Crippen molar-refractivity contribution < 1.29 is 0 Å². The predicted molar refractivity (Wildman–Crippen MR) is 75.1 cm³/mol. The molecule has 0 unspecified atom stereocenters. The van der Waals surface area contributed by atoms with Crippen LogP contribution in [0.4, 0.5) is 5.82 Å². The molecule has 0 aliphatic carbocycles. The predicted octanol–water partition coefficient (Wildman–Crippen LogP) is 3.31. The van der Waals surface area contributed by atoms with Crippen molar-refractivity contribution in [3.8, 4) is 0 Å². The molecular formula is C14H20N4. The number of nitrogens with one attached hydrogen (secondary N) is 1. The topological polar surface area (TPSA) is 50.7 Å². The van der Waals surface area contributed by atoms with Crippen LogP contribution < -0.4 is 5.32 Å². The van der Waals surface area contributed by atoms with Crippen molar-refractivity contribution >= 4 is 16.7 Å². The second-order valence-electron chi connectivity index (χ2n) is 5.16. The van der Waals surface area contributed by atoms with Crippen LogP contribution in [0.1, 0.15) is 50.9 Å². The average Bonchev–Trinajstić information content (AvgIpc) is 2.36. The Morgan fingerprint density at radius 3 is 2.28 bits per heavy atom. The summed E-state index contributed by atoms with van der Waals surface area (Å²) >= 11 is 0. The van der Waals surface area contributed by atoms with E-state index in [4.69, 9.17) is 4.98 Å². The molecule has 1 N–H and O–H groups in total. The lowest BCUT2D eigenvalue weighted by molar-refractivity contribution is 0.770. The van der Waals surface area contributed by atoms with Gasteiger partial charge in [-0.15, -0.1) is 10.2 Å². The van der Waals surface area contributed by atoms with Crippen LogP contribution >= 0.6 is 0 Å². The van der Waals surface area contributed by atoms with Gasteiger partial charge in [-0.25, -0.2) is 0 Å². The highest BCUT2D eigenvalue weighted by molar-refractivity contribution is 5.83. The summed E-state index contributed by atoms with van der Waals surface area (Å²) < 4.78 is 0. The van der Waals surface area contributed by atoms with Crippen LogP contribution in [-0.2, 0) is 0 Å². The van der Waals surface area contributed by atoms with E-state index in [0.29, 0.717) is 11.8 Å². The van der Waals surface area contributed by atoms with Gasteiger partial charge in [-0.1, -0.05) is 27.7 Å². The van der Waals surface area contributed by atoms with Crippen LogP contribution in [0.2, 0.25) is 0 Å². The van der Waals surface area contributed by atoms with E-state index in [1.165, 1.54) is 0 Å². The number of rotatable bonds is 3. The minimum Gasteiger partial charge on any atom is -0.372 e. The van der Waals surface area contributed by atoms with Crippen molar-refractivity contribution in [3.05, 3.63) is 23.5 Å². The lowest BCUT2D eigenvalue weighted by Crippen LogP contribution is -2.04. The summed E-state index contributed by atoms with van der Waals surface area (Å²) in [4.78, 5) is 4.73. The molecule has 0 aliphatic heterocycles. The molecule has 18 heavy (non-hydrogen) atoms. The zero-order chi connectivity index (χ0) is 13.3. The Bertz CT molecular complexity index is 561. The number of fused-ring (bicyclic) bond motifs is 1. The van der Waals surface area contributed by atoms with Crippen molar-refractivity contribution in [2.45, 2.75) is 39.5 Å².